The molecule has 0 radical (unpaired) electrons. The quantitative estimate of drug-likeness (QED) is 0.738. The zero-order chi connectivity index (χ0) is 10.0. The van der Waals surface area contributed by atoms with Gasteiger partial charge in [-0.15, -0.1) is 0 Å². The smallest absolute Gasteiger partial charge is 0.248 e. The number of primary amides is 1. The number of rotatable bonds is 2. The average Bonchev–Trinajstić information content (AvgIpc) is 2.03. The first-order chi connectivity index (χ1) is 6.02. The molecule has 0 aromatic heterocycles. The van der Waals surface area contributed by atoms with Gasteiger partial charge in [0, 0.05) is 25.3 Å². The van der Waals surface area contributed by atoms with Crippen molar-refractivity contribution in [1.29, 1.82) is 0 Å². The molecule has 1 aromatic rings. The lowest BCUT2D eigenvalue weighted by Crippen LogP contribution is -2.14. The van der Waals surface area contributed by atoms with Crippen LogP contribution in [0, 0.1) is 6.92 Å². The van der Waals surface area contributed by atoms with Crippen molar-refractivity contribution in [2.75, 3.05) is 19.0 Å². The van der Waals surface area contributed by atoms with Crippen LogP contribution < -0.4 is 10.6 Å². The molecule has 0 spiro atoms. The molecule has 0 atom stereocenters. The summed E-state index contributed by atoms with van der Waals surface area (Å²) in [6.45, 7) is 1.88. The summed E-state index contributed by atoms with van der Waals surface area (Å²) >= 11 is 0. The van der Waals surface area contributed by atoms with Crippen molar-refractivity contribution in [3.05, 3.63) is 29.3 Å². The van der Waals surface area contributed by atoms with Gasteiger partial charge in [-0.05, 0) is 30.7 Å². The summed E-state index contributed by atoms with van der Waals surface area (Å²) in [6.07, 6.45) is 0. The monoisotopic (exact) mass is 178 g/mol. The highest BCUT2D eigenvalue weighted by Gasteiger charge is 2.05. The third kappa shape index (κ3) is 1.99. The first-order valence-electron chi connectivity index (χ1n) is 4.10. The summed E-state index contributed by atoms with van der Waals surface area (Å²) in [5.74, 6) is -0.372. The molecule has 0 heterocycles. The number of benzene rings is 1. The molecule has 3 nitrogen and oxygen atoms in total. The van der Waals surface area contributed by atoms with Crippen molar-refractivity contribution in [3.63, 3.8) is 0 Å². The molecule has 0 aliphatic heterocycles. The van der Waals surface area contributed by atoms with Crippen molar-refractivity contribution in [2.24, 2.45) is 5.73 Å². The van der Waals surface area contributed by atoms with Crippen LogP contribution in [0.2, 0.25) is 0 Å². The van der Waals surface area contributed by atoms with Gasteiger partial charge in [0.05, 0.1) is 0 Å². The Hall–Kier alpha value is -1.51. The molecule has 2 N–H and O–H groups in total. The molecule has 1 rings (SSSR count). The lowest BCUT2D eigenvalue weighted by Gasteiger charge is -2.13. The first kappa shape index (κ1) is 9.58. The molecular weight excluding hydrogens is 164 g/mol. The molecule has 0 aliphatic carbocycles. The van der Waals surface area contributed by atoms with Gasteiger partial charge in [-0.3, -0.25) is 4.79 Å². The van der Waals surface area contributed by atoms with Crippen LogP contribution in [0.15, 0.2) is 18.2 Å². The van der Waals surface area contributed by atoms with Crippen LogP contribution in [-0.4, -0.2) is 20.0 Å². The van der Waals surface area contributed by atoms with Gasteiger partial charge in [0.2, 0.25) is 5.91 Å². The molecule has 0 saturated heterocycles. The minimum absolute atomic E-state index is 0.372. The maximum atomic E-state index is 10.9. The Bertz CT molecular complexity index is 332. The lowest BCUT2D eigenvalue weighted by atomic mass is 10.1. The van der Waals surface area contributed by atoms with Gasteiger partial charge in [-0.25, -0.2) is 0 Å². The topological polar surface area (TPSA) is 46.3 Å². The van der Waals surface area contributed by atoms with Crippen LogP contribution in [0.5, 0.6) is 0 Å². The van der Waals surface area contributed by atoms with Crippen molar-refractivity contribution in [2.45, 2.75) is 6.92 Å². The standard InChI is InChI=1S/C10H14N2O/c1-7-6-8(12(2)3)4-5-9(7)10(11)13/h4-6H,1-3H3,(H2,11,13). The summed E-state index contributed by atoms with van der Waals surface area (Å²) < 4.78 is 0. The van der Waals surface area contributed by atoms with Gasteiger partial charge in [0.15, 0.2) is 0 Å². The lowest BCUT2D eigenvalue weighted by molar-refractivity contribution is 0.1000. The molecule has 3 heteroatoms. The van der Waals surface area contributed by atoms with E-state index in [0.29, 0.717) is 5.56 Å². The average molecular weight is 178 g/mol. The Kier molecular flexibility index (Phi) is 2.56. The van der Waals surface area contributed by atoms with Gasteiger partial charge in [0.1, 0.15) is 0 Å². The minimum atomic E-state index is -0.372. The van der Waals surface area contributed by atoms with E-state index >= 15 is 0 Å². The number of anilines is 1. The number of nitrogens with zero attached hydrogens (tertiary/aromatic N) is 1. The molecule has 70 valence electrons. The van der Waals surface area contributed by atoms with E-state index in [-0.39, 0.29) is 5.91 Å². The van der Waals surface area contributed by atoms with E-state index in [1.165, 1.54) is 0 Å². The van der Waals surface area contributed by atoms with E-state index in [4.69, 9.17) is 5.73 Å². The Morgan fingerprint density at radius 3 is 2.38 bits per heavy atom. The highest BCUT2D eigenvalue weighted by atomic mass is 16.1. The predicted molar refractivity (Wildman–Crippen MR) is 54.0 cm³/mol. The van der Waals surface area contributed by atoms with Crippen LogP contribution in [0.4, 0.5) is 5.69 Å². The van der Waals surface area contributed by atoms with E-state index in [0.717, 1.165) is 11.3 Å². The molecule has 0 unspecified atom stereocenters. The van der Waals surface area contributed by atoms with Crippen LogP contribution in [0.1, 0.15) is 15.9 Å². The second-order valence-electron chi connectivity index (χ2n) is 3.26. The van der Waals surface area contributed by atoms with Gasteiger partial charge < -0.3 is 10.6 Å². The van der Waals surface area contributed by atoms with Crippen LogP contribution in [0.25, 0.3) is 0 Å². The highest BCUT2D eigenvalue weighted by Crippen LogP contribution is 2.16. The molecule has 0 saturated carbocycles. The number of carbonyl (C=O) groups excluding carboxylic acids is 1. The summed E-state index contributed by atoms with van der Waals surface area (Å²) in [4.78, 5) is 12.9. The largest absolute Gasteiger partial charge is 0.378 e. The molecule has 1 amide bonds. The van der Waals surface area contributed by atoms with Gasteiger partial charge >= 0.3 is 0 Å². The summed E-state index contributed by atoms with van der Waals surface area (Å²) in [7, 11) is 3.91. The fourth-order valence-electron chi connectivity index (χ4n) is 1.20. The number of hydrogen-bond donors (Lipinski definition) is 1. The molecule has 0 fully saturated rings. The van der Waals surface area contributed by atoms with E-state index in [1.54, 1.807) is 6.07 Å². The van der Waals surface area contributed by atoms with Crippen molar-refractivity contribution in [3.8, 4) is 0 Å². The van der Waals surface area contributed by atoms with Crippen LogP contribution in [0.3, 0.4) is 0 Å². The fraction of sp³-hybridized carbons (Fsp3) is 0.300. The van der Waals surface area contributed by atoms with Crippen molar-refractivity contribution >= 4 is 11.6 Å². The second-order valence-corrected chi connectivity index (χ2v) is 3.26. The van der Waals surface area contributed by atoms with Crippen LogP contribution in [-0.2, 0) is 0 Å². The third-order valence-corrected chi connectivity index (χ3v) is 1.99. The SMILES string of the molecule is Cc1cc(N(C)C)ccc1C(N)=O. The summed E-state index contributed by atoms with van der Waals surface area (Å²) in [6, 6.07) is 5.58. The number of amides is 1. The van der Waals surface area contributed by atoms with E-state index in [9.17, 15) is 4.79 Å². The van der Waals surface area contributed by atoms with Gasteiger partial charge in [-0.2, -0.15) is 0 Å². The van der Waals surface area contributed by atoms with Gasteiger partial charge in [-0.1, -0.05) is 0 Å². The third-order valence-electron chi connectivity index (χ3n) is 1.99. The number of hydrogen-bond acceptors (Lipinski definition) is 2. The molecule has 1 aromatic carbocycles. The van der Waals surface area contributed by atoms with Gasteiger partial charge in [0.25, 0.3) is 0 Å². The van der Waals surface area contributed by atoms with E-state index in [2.05, 4.69) is 0 Å². The first-order valence-corrected chi connectivity index (χ1v) is 4.10. The molecule has 0 aliphatic rings. The highest BCUT2D eigenvalue weighted by molar-refractivity contribution is 5.94. The fourth-order valence-corrected chi connectivity index (χ4v) is 1.20. The van der Waals surface area contributed by atoms with E-state index < -0.39 is 0 Å². The maximum absolute atomic E-state index is 10.9. The zero-order valence-electron chi connectivity index (χ0n) is 8.16. The summed E-state index contributed by atoms with van der Waals surface area (Å²) in [5.41, 5.74) is 7.76. The Morgan fingerprint density at radius 2 is 2.00 bits per heavy atom. The zero-order valence-corrected chi connectivity index (χ0v) is 8.16. The van der Waals surface area contributed by atoms with Crippen molar-refractivity contribution in [1.82, 2.24) is 0 Å². The number of nitrogens with two attached hydrogens (primary N) is 1. The number of aryl methyl sites for hydroxylation is 1. The second kappa shape index (κ2) is 3.47. The molecule has 0 bridgehead atoms. The Balaban J connectivity index is 3.13. The Labute approximate surface area is 78.2 Å². The van der Waals surface area contributed by atoms with E-state index in [1.807, 2.05) is 38.1 Å². The Morgan fingerprint density at radius 1 is 1.38 bits per heavy atom. The maximum Gasteiger partial charge on any atom is 0.248 e. The minimum Gasteiger partial charge on any atom is -0.378 e. The summed E-state index contributed by atoms with van der Waals surface area (Å²) in [5, 5.41) is 0. The molecular formula is C10H14N2O. The normalized spacial score (nSPS) is 9.77. The molecule has 13 heavy (non-hydrogen) atoms. The number of carbonyl (C=O) groups is 1. The van der Waals surface area contributed by atoms with Crippen molar-refractivity contribution < 1.29 is 4.79 Å². The predicted octanol–water partition coefficient (Wildman–Crippen LogP) is 1.16. The van der Waals surface area contributed by atoms with Crippen LogP contribution >= 0.6 is 0 Å².